The fourth-order valence-corrected chi connectivity index (χ4v) is 1.43. The normalized spacial score (nSPS) is 10.5. The molecule has 0 amide bonds. The van der Waals surface area contributed by atoms with Gasteiger partial charge >= 0.3 is 5.97 Å². The zero-order valence-corrected chi connectivity index (χ0v) is 9.60. The average molecular weight is 232 g/mol. The number of nitrogen functional groups attached to an aromatic ring is 1. The van der Waals surface area contributed by atoms with Crippen LogP contribution in [0.15, 0.2) is 18.8 Å². The van der Waals surface area contributed by atoms with E-state index in [4.69, 9.17) is 5.73 Å². The quantitative estimate of drug-likeness (QED) is 0.785. The summed E-state index contributed by atoms with van der Waals surface area (Å²) in [6.45, 7) is 5.62. The van der Waals surface area contributed by atoms with E-state index in [1.54, 1.807) is 6.07 Å². The van der Waals surface area contributed by atoms with Gasteiger partial charge in [0.25, 0.3) is 0 Å². The molecule has 0 unspecified atom stereocenters. The Hall–Kier alpha value is -2.37. The lowest BCUT2D eigenvalue weighted by Gasteiger charge is -2.04. The molecule has 6 nitrogen and oxygen atoms in total. The van der Waals surface area contributed by atoms with Gasteiger partial charge in [-0.3, -0.25) is 0 Å². The summed E-state index contributed by atoms with van der Waals surface area (Å²) >= 11 is 0. The molecule has 0 bridgehead atoms. The molecule has 2 rings (SSSR count). The van der Waals surface area contributed by atoms with Crippen molar-refractivity contribution in [3.63, 3.8) is 0 Å². The number of anilines is 1. The van der Waals surface area contributed by atoms with Crippen molar-refractivity contribution in [1.29, 1.82) is 0 Å². The van der Waals surface area contributed by atoms with Crippen molar-refractivity contribution < 1.29 is 9.53 Å². The smallest absolute Gasteiger partial charge is 0.343 e. The zero-order chi connectivity index (χ0) is 12.6. The van der Waals surface area contributed by atoms with Crippen molar-refractivity contribution in [3.8, 4) is 0 Å². The highest BCUT2D eigenvalue weighted by atomic mass is 16.5. The summed E-state index contributed by atoms with van der Waals surface area (Å²) < 4.78 is 6.00. The molecular weight excluding hydrogens is 220 g/mol. The predicted octanol–water partition coefficient (Wildman–Crippen LogP) is 1.13. The van der Waals surface area contributed by atoms with Gasteiger partial charge in [0.1, 0.15) is 11.4 Å². The molecule has 2 aromatic heterocycles. The summed E-state index contributed by atoms with van der Waals surface area (Å²) in [7, 11) is 1.29. The van der Waals surface area contributed by atoms with Crippen molar-refractivity contribution in [2.45, 2.75) is 6.92 Å². The van der Waals surface area contributed by atoms with Gasteiger partial charge in [-0.15, -0.1) is 0 Å². The van der Waals surface area contributed by atoms with Crippen LogP contribution >= 0.6 is 0 Å². The molecule has 6 heteroatoms. The molecule has 0 atom stereocenters. The van der Waals surface area contributed by atoms with E-state index in [9.17, 15) is 4.79 Å². The Morgan fingerprint density at radius 1 is 1.59 bits per heavy atom. The van der Waals surface area contributed by atoms with Gasteiger partial charge in [-0.25, -0.2) is 9.78 Å². The highest BCUT2D eigenvalue weighted by Crippen LogP contribution is 2.17. The number of hydrogen-bond donors (Lipinski definition) is 1. The number of allylic oxidation sites excluding steroid dienone is 1. The Morgan fingerprint density at radius 3 is 2.88 bits per heavy atom. The van der Waals surface area contributed by atoms with E-state index in [0.717, 1.165) is 5.57 Å². The van der Waals surface area contributed by atoms with Gasteiger partial charge in [-0.2, -0.15) is 9.61 Å². The van der Waals surface area contributed by atoms with Crippen molar-refractivity contribution in [2.24, 2.45) is 0 Å². The average Bonchev–Trinajstić information content (AvgIpc) is 2.73. The number of rotatable bonds is 2. The van der Waals surface area contributed by atoms with Crippen molar-refractivity contribution >= 4 is 23.0 Å². The number of esters is 1. The summed E-state index contributed by atoms with van der Waals surface area (Å²) in [5.41, 5.74) is 8.08. The van der Waals surface area contributed by atoms with Gasteiger partial charge < -0.3 is 10.5 Å². The molecule has 0 aliphatic carbocycles. The summed E-state index contributed by atoms with van der Waals surface area (Å²) in [4.78, 5) is 15.5. The standard InChI is InChI=1S/C11H12N4O2/c1-6(2)8-4-9-13-5-7(11(16)17-3)10(12)15(9)14-8/h4-5H,1,12H2,2-3H3. The van der Waals surface area contributed by atoms with Crippen LogP contribution in [0.3, 0.4) is 0 Å². The Bertz CT molecular complexity index is 615. The summed E-state index contributed by atoms with van der Waals surface area (Å²) in [6.07, 6.45) is 1.38. The lowest BCUT2D eigenvalue weighted by atomic mass is 10.2. The lowest BCUT2D eigenvalue weighted by molar-refractivity contribution is 0.0601. The number of nitrogens with two attached hydrogens (primary N) is 1. The lowest BCUT2D eigenvalue weighted by Crippen LogP contribution is -2.11. The van der Waals surface area contributed by atoms with Crippen LogP contribution in [0.1, 0.15) is 23.0 Å². The maximum atomic E-state index is 11.4. The maximum Gasteiger partial charge on any atom is 0.343 e. The van der Waals surface area contributed by atoms with Gasteiger partial charge in [0.05, 0.1) is 12.8 Å². The number of hydrogen-bond acceptors (Lipinski definition) is 5. The van der Waals surface area contributed by atoms with E-state index in [1.165, 1.54) is 17.8 Å². The maximum absolute atomic E-state index is 11.4. The number of ether oxygens (including phenoxy) is 1. The molecule has 2 aromatic rings. The zero-order valence-electron chi connectivity index (χ0n) is 9.60. The third kappa shape index (κ3) is 1.73. The molecule has 0 radical (unpaired) electrons. The number of methoxy groups -OCH3 is 1. The van der Waals surface area contributed by atoms with Gasteiger partial charge in [0.15, 0.2) is 5.65 Å². The van der Waals surface area contributed by atoms with Crippen LogP contribution in [0, 0.1) is 0 Å². The topological polar surface area (TPSA) is 82.5 Å². The molecule has 17 heavy (non-hydrogen) atoms. The second kappa shape index (κ2) is 3.89. The molecular formula is C11H12N4O2. The number of fused-ring (bicyclic) bond motifs is 1. The predicted molar refractivity (Wildman–Crippen MR) is 63.4 cm³/mol. The third-order valence-electron chi connectivity index (χ3n) is 2.36. The second-order valence-corrected chi connectivity index (χ2v) is 3.63. The van der Waals surface area contributed by atoms with E-state index in [0.29, 0.717) is 11.3 Å². The summed E-state index contributed by atoms with van der Waals surface area (Å²) in [5.74, 6) is -0.335. The van der Waals surface area contributed by atoms with Crippen LogP contribution in [0.4, 0.5) is 5.82 Å². The first-order valence-electron chi connectivity index (χ1n) is 4.93. The third-order valence-corrected chi connectivity index (χ3v) is 2.36. The molecule has 2 heterocycles. The molecule has 0 aliphatic rings. The molecule has 0 spiro atoms. The van der Waals surface area contributed by atoms with E-state index in [-0.39, 0.29) is 11.4 Å². The Balaban J connectivity index is 2.67. The number of aromatic nitrogens is 3. The number of carbonyl (C=O) groups excluding carboxylic acids is 1. The van der Waals surface area contributed by atoms with E-state index in [1.807, 2.05) is 6.92 Å². The fourth-order valence-electron chi connectivity index (χ4n) is 1.43. The van der Waals surface area contributed by atoms with Crippen LogP contribution in [0.2, 0.25) is 0 Å². The van der Waals surface area contributed by atoms with Gasteiger partial charge in [0.2, 0.25) is 0 Å². The van der Waals surface area contributed by atoms with E-state index in [2.05, 4.69) is 21.4 Å². The molecule has 2 N–H and O–H groups in total. The van der Waals surface area contributed by atoms with E-state index < -0.39 is 5.97 Å². The minimum Gasteiger partial charge on any atom is -0.465 e. The SMILES string of the molecule is C=C(C)c1cc2ncc(C(=O)OC)c(N)n2n1. The van der Waals surface area contributed by atoms with Crippen LogP contribution in [0.25, 0.3) is 11.2 Å². The monoisotopic (exact) mass is 232 g/mol. The molecule has 0 aliphatic heterocycles. The summed E-state index contributed by atoms with van der Waals surface area (Å²) in [5, 5.41) is 4.21. The van der Waals surface area contributed by atoms with Crippen LogP contribution in [0.5, 0.6) is 0 Å². The summed E-state index contributed by atoms with van der Waals surface area (Å²) in [6, 6.07) is 1.75. The molecule has 0 fully saturated rings. The van der Waals surface area contributed by atoms with Gasteiger partial charge in [-0.05, 0) is 12.5 Å². The molecule has 88 valence electrons. The Labute approximate surface area is 97.7 Å². The molecule has 0 aromatic carbocycles. The minimum atomic E-state index is -0.538. The Kier molecular flexibility index (Phi) is 2.55. The fraction of sp³-hybridized carbons (Fsp3) is 0.182. The van der Waals surface area contributed by atoms with Gasteiger partial charge in [0, 0.05) is 12.3 Å². The van der Waals surface area contributed by atoms with Crippen LogP contribution < -0.4 is 5.73 Å². The van der Waals surface area contributed by atoms with Crippen molar-refractivity contribution in [1.82, 2.24) is 14.6 Å². The van der Waals surface area contributed by atoms with Crippen molar-refractivity contribution in [3.05, 3.63) is 30.1 Å². The van der Waals surface area contributed by atoms with Crippen molar-refractivity contribution in [2.75, 3.05) is 12.8 Å². The highest BCUT2D eigenvalue weighted by molar-refractivity contribution is 5.94. The van der Waals surface area contributed by atoms with Crippen LogP contribution in [-0.4, -0.2) is 27.7 Å². The largest absolute Gasteiger partial charge is 0.465 e. The number of nitrogens with zero attached hydrogens (tertiary/aromatic N) is 3. The molecule has 0 saturated heterocycles. The minimum absolute atomic E-state index is 0.191. The number of carbonyl (C=O) groups is 1. The van der Waals surface area contributed by atoms with Crippen LogP contribution in [-0.2, 0) is 4.74 Å². The Morgan fingerprint density at radius 2 is 2.29 bits per heavy atom. The highest BCUT2D eigenvalue weighted by Gasteiger charge is 2.15. The first kappa shape index (κ1) is 11.1. The second-order valence-electron chi connectivity index (χ2n) is 3.63. The first-order valence-corrected chi connectivity index (χ1v) is 4.93. The van der Waals surface area contributed by atoms with E-state index >= 15 is 0 Å². The first-order chi connectivity index (χ1) is 8.04. The van der Waals surface area contributed by atoms with Gasteiger partial charge in [-0.1, -0.05) is 6.58 Å². The molecule has 0 saturated carbocycles.